The normalized spacial score (nSPS) is 36.7. The molecule has 3 heteroatoms. The molecule has 1 rings (SSSR count). The van der Waals surface area contributed by atoms with E-state index in [2.05, 4.69) is 26.4 Å². The Bertz CT molecular complexity index is 89.1. The molecule has 0 aromatic heterocycles. The van der Waals surface area contributed by atoms with E-state index in [0.29, 0.717) is 6.04 Å². The second kappa shape index (κ2) is 3.73. The quantitative estimate of drug-likeness (QED) is 0.534. The van der Waals surface area contributed by atoms with Crippen LogP contribution in [0, 0.1) is 0 Å². The summed E-state index contributed by atoms with van der Waals surface area (Å²) in [5, 5.41) is 9.30. The summed E-state index contributed by atoms with van der Waals surface area (Å²) >= 11 is 2.11. The van der Waals surface area contributed by atoms with E-state index in [1.807, 2.05) is 0 Å². The molecule has 1 aliphatic carbocycles. The molecule has 0 aromatic carbocycles. The monoisotopic (exact) mass is 241 g/mol. The lowest BCUT2D eigenvalue weighted by molar-refractivity contribution is 0.104. The van der Waals surface area contributed by atoms with Gasteiger partial charge in [0.15, 0.2) is 0 Å². The maximum Gasteiger partial charge on any atom is 0.0700 e. The zero-order valence-electron chi connectivity index (χ0n) is 5.31. The minimum atomic E-state index is -0.101. The molecular formula is C6H12INO. The predicted molar refractivity (Wildman–Crippen MR) is 45.4 cm³/mol. The molecule has 1 aliphatic rings. The number of halogens is 1. The van der Waals surface area contributed by atoms with Crippen molar-refractivity contribution in [3.63, 3.8) is 0 Å². The first-order chi connectivity index (χ1) is 4.34. The average molecular weight is 241 g/mol. The van der Waals surface area contributed by atoms with Crippen molar-refractivity contribution in [1.82, 2.24) is 3.53 Å². The number of nitrogens with one attached hydrogen (secondary N) is 1. The van der Waals surface area contributed by atoms with Gasteiger partial charge < -0.3 is 5.11 Å². The Morgan fingerprint density at radius 1 is 1.33 bits per heavy atom. The second-order valence-corrected chi connectivity index (χ2v) is 3.19. The topological polar surface area (TPSA) is 32.3 Å². The molecule has 0 saturated heterocycles. The molecule has 1 fully saturated rings. The summed E-state index contributed by atoms with van der Waals surface area (Å²) in [4.78, 5) is 0. The lowest BCUT2D eigenvalue weighted by atomic mass is 9.94. The number of aliphatic hydroxyl groups is 1. The van der Waals surface area contributed by atoms with Crippen LogP contribution in [0.25, 0.3) is 0 Å². The SMILES string of the molecule is OC1CCCCC1NI. The van der Waals surface area contributed by atoms with Gasteiger partial charge in [-0.2, -0.15) is 0 Å². The van der Waals surface area contributed by atoms with Gasteiger partial charge in [-0.1, -0.05) is 12.8 Å². The molecule has 0 bridgehead atoms. The van der Waals surface area contributed by atoms with E-state index < -0.39 is 0 Å². The van der Waals surface area contributed by atoms with E-state index in [0.717, 1.165) is 12.8 Å². The van der Waals surface area contributed by atoms with Crippen LogP contribution in [0.3, 0.4) is 0 Å². The summed E-state index contributed by atoms with van der Waals surface area (Å²) < 4.78 is 3.07. The van der Waals surface area contributed by atoms with Crippen molar-refractivity contribution < 1.29 is 5.11 Å². The van der Waals surface area contributed by atoms with Crippen LogP contribution >= 0.6 is 22.9 Å². The van der Waals surface area contributed by atoms with Crippen LogP contribution in [-0.4, -0.2) is 17.3 Å². The molecule has 0 aromatic rings. The smallest absolute Gasteiger partial charge is 0.0700 e. The van der Waals surface area contributed by atoms with Crippen molar-refractivity contribution in [3.8, 4) is 0 Å². The molecule has 2 nitrogen and oxygen atoms in total. The van der Waals surface area contributed by atoms with Crippen LogP contribution in [-0.2, 0) is 0 Å². The Kier molecular flexibility index (Phi) is 3.21. The van der Waals surface area contributed by atoms with Crippen molar-refractivity contribution in [1.29, 1.82) is 0 Å². The zero-order chi connectivity index (χ0) is 6.69. The highest BCUT2D eigenvalue weighted by atomic mass is 127. The summed E-state index contributed by atoms with van der Waals surface area (Å²) in [7, 11) is 0. The molecule has 1 saturated carbocycles. The molecule has 9 heavy (non-hydrogen) atoms. The molecule has 0 radical (unpaired) electrons. The van der Waals surface area contributed by atoms with E-state index in [-0.39, 0.29) is 6.10 Å². The third-order valence-electron chi connectivity index (χ3n) is 1.87. The Hall–Kier alpha value is 0.650. The molecule has 54 valence electrons. The van der Waals surface area contributed by atoms with Crippen molar-refractivity contribution in [2.24, 2.45) is 0 Å². The summed E-state index contributed by atoms with van der Waals surface area (Å²) in [6, 6.07) is 0.347. The fourth-order valence-electron chi connectivity index (χ4n) is 1.24. The second-order valence-electron chi connectivity index (χ2n) is 2.57. The van der Waals surface area contributed by atoms with Crippen LogP contribution in [0.5, 0.6) is 0 Å². The lowest BCUT2D eigenvalue weighted by Gasteiger charge is -2.25. The molecule has 0 amide bonds. The zero-order valence-corrected chi connectivity index (χ0v) is 7.47. The summed E-state index contributed by atoms with van der Waals surface area (Å²) in [6.45, 7) is 0. The van der Waals surface area contributed by atoms with Crippen LogP contribution < -0.4 is 3.53 Å². The molecule has 2 atom stereocenters. The Labute approximate surface area is 69.5 Å². The molecule has 2 unspecified atom stereocenters. The van der Waals surface area contributed by atoms with Gasteiger partial charge in [0.05, 0.1) is 6.10 Å². The largest absolute Gasteiger partial charge is 0.391 e. The first-order valence-electron chi connectivity index (χ1n) is 3.39. The van der Waals surface area contributed by atoms with Gasteiger partial charge in [0.25, 0.3) is 0 Å². The van der Waals surface area contributed by atoms with Gasteiger partial charge in [-0.25, -0.2) is 0 Å². The van der Waals surface area contributed by atoms with Crippen LogP contribution in [0.15, 0.2) is 0 Å². The Balaban J connectivity index is 2.30. The highest BCUT2D eigenvalue weighted by Gasteiger charge is 2.20. The van der Waals surface area contributed by atoms with Crippen LogP contribution in [0.4, 0.5) is 0 Å². The number of aliphatic hydroxyl groups excluding tert-OH is 1. The van der Waals surface area contributed by atoms with Crippen LogP contribution in [0.1, 0.15) is 25.7 Å². The Morgan fingerprint density at radius 2 is 2.00 bits per heavy atom. The van der Waals surface area contributed by atoms with Gasteiger partial charge in [-0.05, 0) is 12.8 Å². The van der Waals surface area contributed by atoms with Gasteiger partial charge in [0.1, 0.15) is 0 Å². The van der Waals surface area contributed by atoms with Crippen LogP contribution in [0.2, 0.25) is 0 Å². The fraction of sp³-hybridized carbons (Fsp3) is 1.00. The van der Waals surface area contributed by atoms with Crippen molar-refractivity contribution in [2.45, 2.75) is 37.8 Å². The average Bonchev–Trinajstić information content (AvgIpc) is 1.89. The van der Waals surface area contributed by atoms with Crippen molar-refractivity contribution in [2.75, 3.05) is 0 Å². The highest BCUT2D eigenvalue weighted by molar-refractivity contribution is 14.1. The fourth-order valence-corrected chi connectivity index (χ4v) is 1.97. The summed E-state index contributed by atoms with van der Waals surface area (Å²) in [6.07, 6.45) is 4.45. The van der Waals surface area contributed by atoms with E-state index in [4.69, 9.17) is 0 Å². The Morgan fingerprint density at radius 3 is 2.44 bits per heavy atom. The van der Waals surface area contributed by atoms with Crippen molar-refractivity contribution >= 4 is 22.9 Å². The molecule has 0 aliphatic heterocycles. The maximum atomic E-state index is 9.30. The third kappa shape index (κ3) is 2.05. The van der Waals surface area contributed by atoms with E-state index in [1.165, 1.54) is 12.8 Å². The predicted octanol–water partition coefficient (Wildman–Crippen LogP) is 1.23. The minimum absolute atomic E-state index is 0.101. The van der Waals surface area contributed by atoms with Gasteiger partial charge >= 0.3 is 0 Å². The van der Waals surface area contributed by atoms with Gasteiger partial charge in [-0.3, -0.25) is 3.53 Å². The number of hydrogen-bond acceptors (Lipinski definition) is 2. The molecule has 2 N–H and O–H groups in total. The summed E-state index contributed by atoms with van der Waals surface area (Å²) in [5.41, 5.74) is 0. The van der Waals surface area contributed by atoms with Gasteiger partial charge in [0, 0.05) is 28.9 Å². The van der Waals surface area contributed by atoms with Crippen molar-refractivity contribution in [3.05, 3.63) is 0 Å². The lowest BCUT2D eigenvalue weighted by Crippen LogP contribution is -2.36. The molecule has 0 spiro atoms. The number of hydrogen-bond donors (Lipinski definition) is 2. The van der Waals surface area contributed by atoms with E-state index >= 15 is 0 Å². The highest BCUT2D eigenvalue weighted by Crippen LogP contribution is 2.18. The molecule has 0 heterocycles. The van der Waals surface area contributed by atoms with Gasteiger partial charge in [0.2, 0.25) is 0 Å². The third-order valence-corrected chi connectivity index (χ3v) is 2.67. The first-order valence-corrected chi connectivity index (χ1v) is 4.46. The number of rotatable bonds is 1. The van der Waals surface area contributed by atoms with E-state index in [9.17, 15) is 5.11 Å². The van der Waals surface area contributed by atoms with E-state index in [1.54, 1.807) is 0 Å². The maximum absolute atomic E-state index is 9.30. The standard InChI is InChI=1S/C6H12INO/c7-8-5-3-1-2-4-6(5)9/h5-6,8-9H,1-4H2. The summed E-state index contributed by atoms with van der Waals surface area (Å²) in [5.74, 6) is 0. The first kappa shape index (κ1) is 7.75. The minimum Gasteiger partial charge on any atom is -0.391 e. The van der Waals surface area contributed by atoms with Gasteiger partial charge in [-0.15, -0.1) is 0 Å². The molecular weight excluding hydrogens is 229 g/mol.